The standard InChI is InChI=1S/C7H4Cl4.C2H4N4/c8-6-4-2-1-3-5(6)7(9,10)11;3-2-4-1-5-6-2/h1-4H;1H,(H3,3,4,5,6). The summed E-state index contributed by atoms with van der Waals surface area (Å²) in [4.78, 5) is 3.53. The van der Waals surface area contributed by atoms with E-state index in [0.717, 1.165) is 0 Å². The predicted molar refractivity (Wildman–Crippen MR) is 71.5 cm³/mol. The minimum Gasteiger partial charge on any atom is -0.368 e. The second kappa shape index (κ2) is 6.31. The molecule has 0 amide bonds. The fraction of sp³-hybridized carbons (Fsp3) is 0.111. The van der Waals surface area contributed by atoms with Gasteiger partial charge in [0.1, 0.15) is 6.33 Å². The summed E-state index contributed by atoms with van der Waals surface area (Å²) >= 11 is 22.6. The molecule has 1 aromatic carbocycles. The zero-order valence-electron chi connectivity index (χ0n) is 8.37. The van der Waals surface area contributed by atoms with E-state index in [9.17, 15) is 0 Å². The number of nitrogen functional groups attached to an aromatic ring is 1. The van der Waals surface area contributed by atoms with Gasteiger partial charge in [-0.25, -0.2) is 10.1 Å². The lowest BCUT2D eigenvalue weighted by Gasteiger charge is -2.11. The van der Waals surface area contributed by atoms with Crippen LogP contribution in [0.4, 0.5) is 5.95 Å². The van der Waals surface area contributed by atoms with Crippen molar-refractivity contribution in [3.05, 3.63) is 41.2 Å². The number of hydrogen-bond acceptors (Lipinski definition) is 3. The van der Waals surface area contributed by atoms with Crippen LogP contribution in [0.3, 0.4) is 0 Å². The van der Waals surface area contributed by atoms with Crippen molar-refractivity contribution in [3.8, 4) is 0 Å². The summed E-state index contributed by atoms with van der Waals surface area (Å²) in [5.74, 6) is 0.356. The number of H-pyrrole nitrogens is 1. The quantitative estimate of drug-likeness (QED) is 0.731. The van der Waals surface area contributed by atoms with Gasteiger partial charge in [-0.15, -0.1) is 0 Å². The molecule has 0 unspecified atom stereocenters. The summed E-state index contributed by atoms with van der Waals surface area (Å²) in [6, 6.07) is 6.90. The molecule has 8 heteroatoms. The molecule has 3 N–H and O–H groups in total. The number of aromatic nitrogens is 3. The number of aromatic amines is 1. The molecule has 0 atom stereocenters. The first-order chi connectivity index (χ1) is 7.91. The average molecular weight is 314 g/mol. The van der Waals surface area contributed by atoms with Crippen molar-refractivity contribution in [1.29, 1.82) is 0 Å². The Morgan fingerprint density at radius 2 is 1.82 bits per heavy atom. The van der Waals surface area contributed by atoms with E-state index in [1.165, 1.54) is 6.33 Å². The molecule has 0 fully saturated rings. The lowest BCUT2D eigenvalue weighted by molar-refractivity contribution is 1.10. The molecule has 2 rings (SSSR count). The molecule has 0 spiro atoms. The third kappa shape index (κ3) is 5.00. The van der Waals surface area contributed by atoms with Crippen molar-refractivity contribution >= 4 is 52.4 Å². The predicted octanol–water partition coefficient (Wildman–Crippen LogP) is 3.55. The van der Waals surface area contributed by atoms with Gasteiger partial charge in [-0.2, -0.15) is 5.10 Å². The number of hydrogen-bond donors (Lipinski definition) is 2. The summed E-state index contributed by atoms with van der Waals surface area (Å²) in [5.41, 5.74) is 5.55. The van der Waals surface area contributed by atoms with Crippen molar-refractivity contribution in [2.24, 2.45) is 0 Å². The van der Waals surface area contributed by atoms with Crippen LogP contribution in [0.15, 0.2) is 30.6 Å². The Hall–Kier alpha value is -0.680. The van der Waals surface area contributed by atoms with Crippen LogP contribution < -0.4 is 5.73 Å². The monoisotopic (exact) mass is 312 g/mol. The number of benzene rings is 1. The Morgan fingerprint density at radius 1 is 1.18 bits per heavy atom. The highest BCUT2D eigenvalue weighted by atomic mass is 35.6. The van der Waals surface area contributed by atoms with Crippen LogP contribution in [0.1, 0.15) is 5.56 Å². The van der Waals surface area contributed by atoms with Gasteiger partial charge in [0.2, 0.25) is 9.74 Å². The van der Waals surface area contributed by atoms with Gasteiger partial charge in [-0.1, -0.05) is 64.6 Å². The third-order valence-electron chi connectivity index (χ3n) is 1.61. The maximum absolute atomic E-state index is 5.76. The molecule has 0 saturated heterocycles. The fourth-order valence-corrected chi connectivity index (χ4v) is 1.82. The summed E-state index contributed by atoms with van der Waals surface area (Å²) in [5, 5.41) is 6.34. The molecule has 92 valence electrons. The Morgan fingerprint density at radius 3 is 2.12 bits per heavy atom. The van der Waals surface area contributed by atoms with Crippen LogP contribution in [0.2, 0.25) is 5.02 Å². The number of nitrogens with two attached hydrogens (primary N) is 1. The van der Waals surface area contributed by atoms with Crippen LogP contribution in [0.5, 0.6) is 0 Å². The first kappa shape index (κ1) is 14.4. The Balaban J connectivity index is 0.000000202. The molecule has 0 aliphatic heterocycles. The number of rotatable bonds is 0. The van der Waals surface area contributed by atoms with Crippen LogP contribution in [0, 0.1) is 0 Å². The van der Waals surface area contributed by atoms with Gasteiger partial charge in [0.25, 0.3) is 0 Å². The highest BCUT2D eigenvalue weighted by molar-refractivity contribution is 6.67. The smallest absolute Gasteiger partial charge is 0.217 e. The molecule has 1 aromatic heterocycles. The molecule has 0 saturated carbocycles. The Bertz CT molecular complexity index is 452. The van der Waals surface area contributed by atoms with Crippen LogP contribution >= 0.6 is 46.4 Å². The largest absolute Gasteiger partial charge is 0.368 e. The first-order valence-electron chi connectivity index (χ1n) is 4.34. The van der Waals surface area contributed by atoms with E-state index in [4.69, 9.17) is 52.1 Å². The van der Waals surface area contributed by atoms with Crippen LogP contribution in [0.25, 0.3) is 0 Å². The molecule has 17 heavy (non-hydrogen) atoms. The maximum atomic E-state index is 5.76. The van der Waals surface area contributed by atoms with E-state index < -0.39 is 3.79 Å². The summed E-state index contributed by atoms with van der Waals surface area (Å²) in [6.07, 6.45) is 1.36. The topological polar surface area (TPSA) is 67.6 Å². The minimum atomic E-state index is -1.43. The summed E-state index contributed by atoms with van der Waals surface area (Å²) in [6.45, 7) is 0. The number of halogens is 4. The molecule has 1 heterocycles. The molecule has 0 bridgehead atoms. The zero-order chi connectivity index (χ0) is 12.9. The van der Waals surface area contributed by atoms with Gasteiger partial charge in [0.05, 0.1) is 0 Å². The molecular formula is C9H8Cl4N4. The second-order valence-electron chi connectivity index (χ2n) is 2.85. The molecule has 0 radical (unpaired) electrons. The molecule has 0 aliphatic carbocycles. The highest BCUT2D eigenvalue weighted by Crippen LogP contribution is 2.41. The van der Waals surface area contributed by atoms with Crippen LogP contribution in [-0.4, -0.2) is 15.2 Å². The average Bonchev–Trinajstić information content (AvgIpc) is 2.69. The normalized spacial score (nSPS) is 10.6. The van der Waals surface area contributed by atoms with Gasteiger partial charge in [-0.3, -0.25) is 0 Å². The minimum absolute atomic E-state index is 0.356. The molecule has 0 aliphatic rings. The van der Waals surface area contributed by atoms with Gasteiger partial charge in [-0.05, 0) is 6.07 Å². The number of anilines is 1. The van der Waals surface area contributed by atoms with E-state index in [0.29, 0.717) is 16.5 Å². The highest BCUT2D eigenvalue weighted by Gasteiger charge is 2.24. The second-order valence-corrected chi connectivity index (χ2v) is 5.54. The van der Waals surface area contributed by atoms with E-state index in [1.54, 1.807) is 24.3 Å². The van der Waals surface area contributed by atoms with Gasteiger partial charge in [0, 0.05) is 10.6 Å². The maximum Gasteiger partial charge on any atom is 0.217 e. The Labute approximate surface area is 118 Å². The summed E-state index contributed by atoms with van der Waals surface area (Å²) in [7, 11) is 0. The number of alkyl halides is 3. The van der Waals surface area contributed by atoms with E-state index >= 15 is 0 Å². The molecular weight excluding hydrogens is 306 g/mol. The van der Waals surface area contributed by atoms with Gasteiger partial charge < -0.3 is 5.73 Å². The van der Waals surface area contributed by atoms with Crippen molar-refractivity contribution in [1.82, 2.24) is 15.2 Å². The van der Waals surface area contributed by atoms with E-state index in [-0.39, 0.29) is 0 Å². The SMILES string of the molecule is Clc1ccccc1C(Cl)(Cl)Cl.Nc1ncn[nH]1. The van der Waals surface area contributed by atoms with E-state index in [1.807, 2.05) is 0 Å². The van der Waals surface area contributed by atoms with Crippen LogP contribution in [-0.2, 0) is 3.79 Å². The van der Waals surface area contributed by atoms with Crippen molar-refractivity contribution in [3.63, 3.8) is 0 Å². The number of nitrogens with one attached hydrogen (secondary N) is 1. The first-order valence-corrected chi connectivity index (χ1v) is 5.85. The number of nitrogens with zero attached hydrogens (tertiary/aromatic N) is 2. The zero-order valence-corrected chi connectivity index (χ0v) is 11.4. The van der Waals surface area contributed by atoms with E-state index in [2.05, 4.69) is 15.2 Å². The van der Waals surface area contributed by atoms with Crippen molar-refractivity contribution in [2.45, 2.75) is 3.79 Å². The Kier molecular flexibility index (Phi) is 5.33. The molecule has 4 nitrogen and oxygen atoms in total. The lowest BCUT2D eigenvalue weighted by atomic mass is 10.2. The lowest BCUT2D eigenvalue weighted by Crippen LogP contribution is -1.99. The van der Waals surface area contributed by atoms with Gasteiger partial charge in [0.15, 0.2) is 0 Å². The summed E-state index contributed by atoms with van der Waals surface area (Å²) < 4.78 is -1.43. The van der Waals surface area contributed by atoms with Crippen molar-refractivity contribution < 1.29 is 0 Å². The fourth-order valence-electron chi connectivity index (χ4n) is 0.906. The molecule has 2 aromatic rings. The third-order valence-corrected chi connectivity index (χ3v) is 2.55. The van der Waals surface area contributed by atoms with Crippen molar-refractivity contribution in [2.75, 3.05) is 5.73 Å². The van der Waals surface area contributed by atoms with Gasteiger partial charge >= 0.3 is 0 Å².